The van der Waals surface area contributed by atoms with Crippen LogP contribution in [-0.4, -0.2) is 32.0 Å². The minimum Gasteiger partial charge on any atom is -0.376 e. The van der Waals surface area contributed by atoms with Gasteiger partial charge < -0.3 is 10.6 Å². The number of hydrogen-bond donors (Lipinski definition) is 2. The molecular weight excluding hydrogens is 370 g/mol. The lowest BCUT2D eigenvalue weighted by molar-refractivity contribution is -0.384. The predicted molar refractivity (Wildman–Crippen MR) is 94.8 cm³/mol. The second-order valence-electron chi connectivity index (χ2n) is 5.12. The SMILES string of the molecule is CS(=O)(=O)c1ccc(NC(=O)CNc2ccc(Cl)c([N+](=O)[O-])c2)cc1. The van der Waals surface area contributed by atoms with E-state index in [2.05, 4.69) is 10.6 Å². The van der Waals surface area contributed by atoms with E-state index in [1.165, 1.54) is 42.5 Å². The average Bonchev–Trinajstić information content (AvgIpc) is 2.53. The highest BCUT2D eigenvalue weighted by Gasteiger charge is 2.13. The van der Waals surface area contributed by atoms with E-state index in [-0.39, 0.29) is 22.2 Å². The number of nitrogens with zero attached hydrogens (tertiary/aromatic N) is 1. The molecule has 0 saturated carbocycles. The summed E-state index contributed by atoms with van der Waals surface area (Å²) in [5.41, 5.74) is 0.545. The molecule has 25 heavy (non-hydrogen) atoms. The minimum atomic E-state index is -3.30. The summed E-state index contributed by atoms with van der Waals surface area (Å²) in [5.74, 6) is -0.398. The summed E-state index contributed by atoms with van der Waals surface area (Å²) in [6, 6.07) is 9.84. The predicted octanol–water partition coefficient (Wildman–Crippen LogP) is 2.70. The second kappa shape index (κ2) is 7.49. The standard InChI is InChI=1S/C15H14ClN3O5S/c1-25(23,24)12-5-2-10(3-6-12)18-15(20)9-17-11-4-7-13(16)14(8-11)19(21)22/h2-8,17H,9H2,1H3,(H,18,20). The van der Waals surface area contributed by atoms with Gasteiger partial charge in [0.1, 0.15) is 5.02 Å². The number of anilines is 2. The maximum Gasteiger partial charge on any atom is 0.289 e. The van der Waals surface area contributed by atoms with Crippen molar-refractivity contribution in [1.29, 1.82) is 0 Å². The molecule has 0 aliphatic carbocycles. The van der Waals surface area contributed by atoms with Gasteiger partial charge in [0, 0.05) is 23.7 Å². The molecule has 0 unspecified atom stereocenters. The van der Waals surface area contributed by atoms with Gasteiger partial charge >= 0.3 is 0 Å². The van der Waals surface area contributed by atoms with Crippen molar-refractivity contribution in [1.82, 2.24) is 0 Å². The molecule has 0 spiro atoms. The monoisotopic (exact) mass is 383 g/mol. The number of hydrogen-bond acceptors (Lipinski definition) is 6. The smallest absolute Gasteiger partial charge is 0.289 e. The molecule has 0 heterocycles. The quantitative estimate of drug-likeness (QED) is 0.584. The Bertz CT molecular complexity index is 913. The van der Waals surface area contributed by atoms with Crippen molar-refractivity contribution in [2.75, 3.05) is 23.4 Å². The molecular formula is C15H14ClN3O5S. The van der Waals surface area contributed by atoms with E-state index in [4.69, 9.17) is 11.6 Å². The number of carbonyl (C=O) groups excluding carboxylic acids is 1. The second-order valence-corrected chi connectivity index (χ2v) is 7.54. The number of carbonyl (C=O) groups is 1. The molecule has 0 aliphatic heterocycles. The lowest BCUT2D eigenvalue weighted by Gasteiger charge is -2.08. The highest BCUT2D eigenvalue weighted by molar-refractivity contribution is 7.90. The first-order valence-corrected chi connectivity index (χ1v) is 9.21. The molecule has 0 atom stereocenters. The van der Waals surface area contributed by atoms with Crippen LogP contribution in [0.1, 0.15) is 0 Å². The van der Waals surface area contributed by atoms with Crippen LogP contribution in [0, 0.1) is 10.1 Å². The fourth-order valence-corrected chi connectivity index (χ4v) is 2.75. The minimum absolute atomic E-state index is 0.00553. The van der Waals surface area contributed by atoms with Gasteiger partial charge in [-0.2, -0.15) is 0 Å². The van der Waals surface area contributed by atoms with E-state index in [0.717, 1.165) is 6.26 Å². The van der Waals surface area contributed by atoms with Gasteiger partial charge in [-0.25, -0.2) is 8.42 Å². The number of amides is 1. The van der Waals surface area contributed by atoms with Crippen LogP contribution < -0.4 is 10.6 Å². The number of nitro groups is 1. The Balaban J connectivity index is 1.97. The van der Waals surface area contributed by atoms with E-state index < -0.39 is 20.7 Å². The van der Waals surface area contributed by atoms with Gasteiger partial charge in [0.25, 0.3) is 5.69 Å². The molecule has 10 heteroatoms. The van der Waals surface area contributed by atoms with Gasteiger partial charge in [0.15, 0.2) is 9.84 Å². The molecule has 1 amide bonds. The maximum absolute atomic E-state index is 11.9. The Morgan fingerprint density at radius 3 is 2.32 bits per heavy atom. The topological polar surface area (TPSA) is 118 Å². The van der Waals surface area contributed by atoms with E-state index in [9.17, 15) is 23.3 Å². The van der Waals surface area contributed by atoms with Crippen LogP contribution in [0.4, 0.5) is 17.1 Å². The van der Waals surface area contributed by atoms with Crippen molar-refractivity contribution in [2.24, 2.45) is 0 Å². The van der Waals surface area contributed by atoms with Gasteiger partial charge in [0.05, 0.1) is 16.4 Å². The number of nitro benzene ring substituents is 1. The summed E-state index contributed by atoms with van der Waals surface area (Å²) in [6.07, 6.45) is 1.09. The first kappa shape index (κ1) is 18.7. The van der Waals surface area contributed by atoms with Gasteiger partial charge in [0.2, 0.25) is 5.91 Å². The van der Waals surface area contributed by atoms with Crippen LogP contribution >= 0.6 is 11.6 Å². The van der Waals surface area contributed by atoms with Crippen LogP contribution in [0.2, 0.25) is 5.02 Å². The third-order valence-electron chi connectivity index (χ3n) is 3.16. The fraction of sp³-hybridized carbons (Fsp3) is 0.133. The first-order valence-electron chi connectivity index (χ1n) is 6.94. The number of halogens is 1. The van der Waals surface area contributed by atoms with Crippen molar-refractivity contribution in [3.63, 3.8) is 0 Å². The Morgan fingerprint density at radius 1 is 1.16 bits per heavy atom. The first-order chi connectivity index (χ1) is 11.7. The molecule has 8 nitrogen and oxygen atoms in total. The fourth-order valence-electron chi connectivity index (χ4n) is 1.94. The van der Waals surface area contributed by atoms with Crippen LogP contribution in [0.5, 0.6) is 0 Å². The highest BCUT2D eigenvalue weighted by Crippen LogP contribution is 2.27. The van der Waals surface area contributed by atoms with Crippen molar-refractivity contribution >= 4 is 44.4 Å². The highest BCUT2D eigenvalue weighted by atomic mass is 35.5. The number of rotatable bonds is 6. The largest absolute Gasteiger partial charge is 0.376 e. The van der Waals surface area contributed by atoms with E-state index in [1.54, 1.807) is 0 Å². The molecule has 0 aliphatic rings. The van der Waals surface area contributed by atoms with E-state index in [0.29, 0.717) is 11.4 Å². The zero-order chi connectivity index (χ0) is 18.6. The molecule has 0 fully saturated rings. The zero-order valence-electron chi connectivity index (χ0n) is 13.0. The van der Waals surface area contributed by atoms with Crippen LogP contribution in [0.15, 0.2) is 47.4 Å². The number of sulfone groups is 1. The molecule has 2 N–H and O–H groups in total. The van der Waals surface area contributed by atoms with Crippen LogP contribution in [0.3, 0.4) is 0 Å². The Morgan fingerprint density at radius 2 is 1.76 bits per heavy atom. The van der Waals surface area contributed by atoms with Crippen molar-refractivity contribution in [3.05, 3.63) is 57.6 Å². The van der Waals surface area contributed by atoms with Crippen molar-refractivity contribution in [2.45, 2.75) is 4.90 Å². The summed E-state index contributed by atoms with van der Waals surface area (Å²) in [4.78, 5) is 22.3. The third kappa shape index (κ3) is 5.16. The van der Waals surface area contributed by atoms with Gasteiger partial charge in [-0.15, -0.1) is 0 Å². The maximum atomic E-state index is 11.9. The summed E-state index contributed by atoms with van der Waals surface area (Å²) in [6.45, 7) is -0.132. The van der Waals surface area contributed by atoms with Crippen LogP contribution in [-0.2, 0) is 14.6 Å². The summed E-state index contributed by atoms with van der Waals surface area (Å²) < 4.78 is 22.7. The Kier molecular flexibility index (Phi) is 5.60. The summed E-state index contributed by atoms with van der Waals surface area (Å²) in [5, 5.41) is 16.2. The van der Waals surface area contributed by atoms with Gasteiger partial charge in [-0.3, -0.25) is 14.9 Å². The molecule has 132 valence electrons. The molecule has 2 rings (SSSR count). The van der Waals surface area contributed by atoms with Crippen molar-refractivity contribution < 1.29 is 18.1 Å². The van der Waals surface area contributed by atoms with Crippen LogP contribution in [0.25, 0.3) is 0 Å². The Hall–Kier alpha value is -2.65. The summed E-state index contributed by atoms with van der Waals surface area (Å²) >= 11 is 5.71. The zero-order valence-corrected chi connectivity index (χ0v) is 14.6. The number of benzene rings is 2. The summed E-state index contributed by atoms with van der Waals surface area (Å²) in [7, 11) is -3.30. The lowest BCUT2D eigenvalue weighted by atomic mass is 10.2. The Labute approximate surface area is 148 Å². The average molecular weight is 384 g/mol. The van der Waals surface area contributed by atoms with Gasteiger partial charge in [-0.1, -0.05) is 11.6 Å². The number of nitrogens with one attached hydrogen (secondary N) is 2. The molecule has 2 aromatic rings. The molecule has 0 bridgehead atoms. The lowest BCUT2D eigenvalue weighted by Crippen LogP contribution is -2.21. The van der Waals surface area contributed by atoms with Gasteiger partial charge in [-0.05, 0) is 36.4 Å². The molecule has 0 aromatic heterocycles. The molecule has 0 saturated heterocycles. The van der Waals surface area contributed by atoms with E-state index >= 15 is 0 Å². The van der Waals surface area contributed by atoms with E-state index in [1.807, 2.05) is 0 Å². The molecule has 2 aromatic carbocycles. The van der Waals surface area contributed by atoms with Crippen molar-refractivity contribution in [3.8, 4) is 0 Å². The molecule has 0 radical (unpaired) electrons. The normalized spacial score (nSPS) is 11.0. The third-order valence-corrected chi connectivity index (χ3v) is 4.61.